The third kappa shape index (κ3) is 3.93. The topological polar surface area (TPSA) is 101 Å². The van der Waals surface area contributed by atoms with Crippen LogP contribution in [0, 0.1) is 10.7 Å². The molecule has 0 aliphatic rings. The summed E-state index contributed by atoms with van der Waals surface area (Å²) in [5.74, 6) is -1.16. The van der Waals surface area contributed by atoms with Crippen molar-refractivity contribution >= 4 is 96.9 Å². The van der Waals surface area contributed by atoms with Crippen LogP contribution in [0.5, 0.6) is 0 Å². The molecule has 1 rings (SSSR count). The van der Waals surface area contributed by atoms with Crippen LogP contribution >= 0.6 is 67.8 Å². The van der Waals surface area contributed by atoms with E-state index in [-0.39, 0.29) is 17.4 Å². The first-order valence-electron chi connectivity index (χ1n) is 5.22. The fourth-order valence-electron chi connectivity index (χ4n) is 1.45. The lowest BCUT2D eigenvalue weighted by atomic mass is 10.1. The van der Waals surface area contributed by atoms with Crippen LogP contribution in [0.25, 0.3) is 0 Å². The number of amides is 3. The van der Waals surface area contributed by atoms with Gasteiger partial charge in [0.25, 0.3) is 5.91 Å². The summed E-state index contributed by atoms with van der Waals surface area (Å²) in [5.41, 5.74) is 6.60. The van der Waals surface area contributed by atoms with Crippen LogP contribution in [0.1, 0.15) is 24.2 Å². The summed E-state index contributed by atoms with van der Waals surface area (Å²) in [4.78, 5) is 34.2. The molecule has 108 valence electrons. The van der Waals surface area contributed by atoms with Gasteiger partial charge in [-0.1, -0.05) is 0 Å². The highest BCUT2D eigenvalue weighted by atomic mass is 127. The Morgan fingerprint density at radius 2 is 1.20 bits per heavy atom. The summed E-state index contributed by atoms with van der Waals surface area (Å²) in [6, 6.07) is 0. The molecule has 1 aromatic rings. The van der Waals surface area contributed by atoms with Crippen molar-refractivity contribution in [3.63, 3.8) is 0 Å². The van der Waals surface area contributed by atoms with Crippen LogP contribution in [0.15, 0.2) is 0 Å². The second-order valence-electron chi connectivity index (χ2n) is 3.79. The van der Waals surface area contributed by atoms with Gasteiger partial charge in [0.2, 0.25) is 11.8 Å². The van der Waals surface area contributed by atoms with Crippen molar-refractivity contribution < 1.29 is 14.4 Å². The molecule has 0 fully saturated rings. The summed E-state index contributed by atoms with van der Waals surface area (Å²) in [7, 11) is 0. The van der Waals surface area contributed by atoms with Gasteiger partial charge in [-0.15, -0.1) is 0 Å². The van der Waals surface area contributed by atoms with Crippen molar-refractivity contribution in [3.8, 4) is 0 Å². The van der Waals surface area contributed by atoms with Crippen molar-refractivity contribution in [3.05, 3.63) is 16.3 Å². The van der Waals surface area contributed by atoms with Crippen molar-refractivity contribution in [1.82, 2.24) is 0 Å². The normalized spacial score (nSPS) is 10.1. The average Bonchev–Trinajstić information content (AvgIpc) is 2.29. The number of primary amides is 1. The van der Waals surface area contributed by atoms with Crippen LogP contribution in [0.2, 0.25) is 0 Å². The molecular weight excluding hydrogens is 603 g/mol. The lowest BCUT2D eigenvalue weighted by molar-refractivity contribution is -0.115. The van der Waals surface area contributed by atoms with Gasteiger partial charge in [-0.25, -0.2) is 0 Å². The second kappa shape index (κ2) is 7.20. The molecule has 0 radical (unpaired) electrons. The molecule has 0 saturated heterocycles. The van der Waals surface area contributed by atoms with Gasteiger partial charge in [0.15, 0.2) is 0 Å². The van der Waals surface area contributed by atoms with E-state index in [1.54, 1.807) is 0 Å². The summed E-state index contributed by atoms with van der Waals surface area (Å²) >= 11 is 5.91. The van der Waals surface area contributed by atoms with Gasteiger partial charge in [-0.05, 0) is 67.8 Å². The van der Waals surface area contributed by atoms with Crippen molar-refractivity contribution in [2.75, 3.05) is 10.6 Å². The Bertz CT molecular complexity index is 574. The Balaban J connectivity index is 3.68. The first-order chi connectivity index (χ1) is 9.16. The molecule has 0 aliphatic heterocycles. The van der Waals surface area contributed by atoms with E-state index in [9.17, 15) is 14.4 Å². The predicted molar refractivity (Wildman–Crippen MR) is 102 cm³/mol. The highest BCUT2D eigenvalue weighted by molar-refractivity contribution is 14.1. The van der Waals surface area contributed by atoms with Crippen LogP contribution in [-0.2, 0) is 9.59 Å². The van der Waals surface area contributed by atoms with Crippen LogP contribution in [0.3, 0.4) is 0 Å². The standard InChI is InChI=1S/C11H10I3N3O3/c1-3(18)16-9-6(12)5(11(15)20)7(13)10(8(9)14)17-4(2)19/h1-2H3,(H2,15,20)(H,16,18)(H,17,19). The van der Waals surface area contributed by atoms with Gasteiger partial charge in [-0.2, -0.15) is 0 Å². The lowest BCUT2D eigenvalue weighted by Crippen LogP contribution is -2.21. The summed E-state index contributed by atoms with van der Waals surface area (Å²) in [6.07, 6.45) is 0. The quantitative estimate of drug-likeness (QED) is 0.458. The molecule has 0 spiro atoms. The third-order valence-corrected chi connectivity index (χ3v) is 5.40. The SMILES string of the molecule is CC(=O)Nc1c(I)c(NC(C)=O)c(I)c(C(N)=O)c1I. The Morgan fingerprint density at radius 3 is 1.45 bits per heavy atom. The Morgan fingerprint density at radius 1 is 0.850 bits per heavy atom. The first kappa shape index (κ1) is 17.9. The van der Waals surface area contributed by atoms with E-state index in [1.165, 1.54) is 13.8 Å². The van der Waals surface area contributed by atoms with E-state index in [4.69, 9.17) is 5.73 Å². The first-order valence-corrected chi connectivity index (χ1v) is 8.45. The monoisotopic (exact) mass is 613 g/mol. The van der Waals surface area contributed by atoms with E-state index in [0.29, 0.717) is 22.1 Å². The summed E-state index contributed by atoms with van der Waals surface area (Å²) < 4.78 is 1.74. The molecule has 0 bridgehead atoms. The zero-order valence-corrected chi connectivity index (χ0v) is 16.9. The summed E-state index contributed by atoms with van der Waals surface area (Å²) in [5, 5.41) is 5.32. The smallest absolute Gasteiger partial charge is 0.251 e. The van der Waals surface area contributed by atoms with Crippen molar-refractivity contribution in [2.45, 2.75) is 13.8 Å². The molecule has 0 atom stereocenters. The van der Waals surface area contributed by atoms with Gasteiger partial charge in [0.05, 0.1) is 27.6 Å². The maximum absolute atomic E-state index is 11.6. The molecule has 9 heteroatoms. The number of halogens is 3. The Kier molecular flexibility index (Phi) is 6.43. The molecule has 4 N–H and O–H groups in total. The number of rotatable bonds is 3. The molecule has 3 amide bonds. The molecule has 1 aromatic carbocycles. The molecule has 20 heavy (non-hydrogen) atoms. The average molecular weight is 613 g/mol. The number of nitrogens with one attached hydrogen (secondary N) is 2. The Labute approximate surface area is 156 Å². The van der Waals surface area contributed by atoms with Crippen molar-refractivity contribution in [2.24, 2.45) is 5.73 Å². The van der Waals surface area contributed by atoms with Crippen LogP contribution < -0.4 is 16.4 Å². The number of carbonyl (C=O) groups is 3. The summed E-state index contributed by atoms with van der Waals surface area (Å²) in [6.45, 7) is 2.73. The minimum Gasteiger partial charge on any atom is -0.366 e. The number of nitrogens with two attached hydrogens (primary N) is 1. The van der Waals surface area contributed by atoms with Gasteiger partial charge >= 0.3 is 0 Å². The zero-order valence-electron chi connectivity index (χ0n) is 10.4. The maximum Gasteiger partial charge on any atom is 0.251 e. The lowest BCUT2D eigenvalue weighted by Gasteiger charge is -2.18. The Hall–Kier alpha value is -0.180. The highest BCUT2D eigenvalue weighted by Crippen LogP contribution is 2.38. The largest absolute Gasteiger partial charge is 0.366 e. The molecule has 0 aromatic heterocycles. The predicted octanol–water partition coefficient (Wildman–Crippen LogP) is 2.52. The molecule has 6 nitrogen and oxygen atoms in total. The molecule has 0 aliphatic carbocycles. The minimum absolute atomic E-state index is 0.272. The number of hydrogen-bond acceptors (Lipinski definition) is 3. The molecule has 0 heterocycles. The van der Waals surface area contributed by atoms with Gasteiger partial charge in [-0.3, -0.25) is 14.4 Å². The van der Waals surface area contributed by atoms with Crippen LogP contribution in [-0.4, -0.2) is 17.7 Å². The van der Waals surface area contributed by atoms with E-state index >= 15 is 0 Å². The fraction of sp³-hybridized carbons (Fsp3) is 0.182. The number of carbonyl (C=O) groups excluding carboxylic acids is 3. The minimum atomic E-state index is -0.617. The third-order valence-electron chi connectivity index (χ3n) is 2.17. The van der Waals surface area contributed by atoms with E-state index in [1.807, 2.05) is 67.8 Å². The van der Waals surface area contributed by atoms with Gasteiger partial charge < -0.3 is 16.4 Å². The van der Waals surface area contributed by atoms with E-state index in [0.717, 1.165) is 0 Å². The van der Waals surface area contributed by atoms with E-state index < -0.39 is 5.91 Å². The van der Waals surface area contributed by atoms with Crippen LogP contribution in [0.4, 0.5) is 11.4 Å². The van der Waals surface area contributed by atoms with Crippen molar-refractivity contribution in [1.29, 1.82) is 0 Å². The zero-order chi connectivity index (χ0) is 15.6. The molecular formula is C11H10I3N3O3. The molecule has 0 unspecified atom stereocenters. The number of benzene rings is 1. The number of hydrogen-bond donors (Lipinski definition) is 3. The van der Waals surface area contributed by atoms with Gasteiger partial charge in [0.1, 0.15) is 0 Å². The molecule has 0 saturated carbocycles. The second-order valence-corrected chi connectivity index (χ2v) is 7.03. The van der Waals surface area contributed by atoms with E-state index in [2.05, 4.69) is 10.6 Å². The maximum atomic E-state index is 11.6. The van der Waals surface area contributed by atoms with Gasteiger partial charge in [0, 0.05) is 13.8 Å². The highest BCUT2D eigenvalue weighted by Gasteiger charge is 2.24. The fourth-order valence-corrected chi connectivity index (χ4v) is 5.69. The number of anilines is 2.